The number of hydrogen-bond acceptors (Lipinski definition) is 4. The van der Waals surface area contributed by atoms with Gasteiger partial charge in [-0.05, 0) is 159 Å². The van der Waals surface area contributed by atoms with Gasteiger partial charge in [-0.1, -0.05) is 34.1 Å². The van der Waals surface area contributed by atoms with Crippen molar-refractivity contribution in [3.05, 3.63) is 24.3 Å². The minimum absolute atomic E-state index is 0.0765. The SMILES string of the molecule is CC[C@H]1CC2C3CCC([C@H](C)CNC(=O)NSc4ccc(N5CCCCC5)cc4)C3(C)CC[C@@H]2C2(C)CCC(O)CC12. The number of benzene rings is 1. The van der Waals surface area contributed by atoms with Crippen molar-refractivity contribution in [1.82, 2.24) is 10.0 Å². The minimum atomic E-state index is -0.0770. The molecule has 5 aliphatic rings. The molecule has 10 atom stereocenters. The molecular formula is C36H57N3O2S. The molecule has 3 N–H and O–H groups in total. The minimum Gasteiger partial charge on any atom is -0.393 e. The van der Waals surface area contributed by atoms with Crippen molar-refractivity contribution in [1.29, 1.82) is 0 Å². The van der Waals surface area contributed by atoms with Gasteiger partial charge in [-0.2, -0.15) is 0 Å². The smallest absolute Gasteiger partial charge is 0.325 e. The zero-order chi connectivity index (χ0) is 29.5. The van der Waals surface area contributed by atoms with Crippen molar-refractivity contribution < 1.29 is 9.90 Å². The number of nitrogens with one attached hydrogen (secondary N) is 2. The summed E-state index contributed by atoms with van der Waals surface area (Å²) in [5.41, 5.74) is 2.10. The van der Waals surface area contributed by atoms with Crippen LogP contribution in [0.1, 0.15) is 105 Å². The highest BCUT2D eigenvalue weighted by atomic mass is 32.2. The zero-order valence-corrected chi connectivity index (χ0v) is 27.6. The van der Waals surface area contributed by atoms with Crippen molar-refractivity contribution in [2.24, 2.45) is 52.3 Å². The van der Waals surface area contributed by atoms with E-state index in [0.29, 0.717) is 28.6 Å². The second-order valence-electron chi connectivity index (χ2n) is 15.5. The van der Waals surface area contributed by atoms with E-state index in [4.69, 9.17) is 0 Å². The van der Waals surface area contributed by atoms with E-state index in [-0.39, 0.29) is 12.1 Å². The van der Waals surface area contributed by atoms with Crippen molar-refractivity contribution in [2.45, 2.75) is 116 Å². The number of hydrogen-bond donors (Lipinski definition) is 3. The van der Waals surface area contributed by atoms with Gasteiger partial charge in [0.1, 0.15) is 0 Å². The molecule has 5 nitrogen and oxygen atoms in total. The van der Waals surface area contributed by atoms with Gasteiger partial charge in [0, 0.05) is 30.2 Å². The highest BCUT2D eigenvalue weighted by Crippen LogP contribution is 2.69. The third kappa shape index (κ3) is 5.73. The first-order valence-electron chi connectivity index (χ1n) is 17.5. The van der Waals surface area contributed by atoms with Crippen LogP contribution in [0.3, 0.4) is 0 Å². The lowest BCUT2D eigenvalue weighted by Gasteiger charge is -2.63. The Morgan fingerprint density at radius 3 is 2.43 bits per heavy atom. The third-order valence-electron chi connectivity index (χ3n) is 13.5. The van der Waals surface area contributed by atoms with Gasteiger partial charge in [0.05, 0.1) is 6.10 Å². The lowest BCUT2D eigenvalue weighted by molar-refractivity contribution is -0.152. The average molecular weight is 596 g/mol. The van der Waals surface area contributed by atoms with Gasteiger partial charge >= 0.3 is 6.03 Å². The largest absolute Gasteiger partial charge is 0.393 e. The fourth-order valence-electron chi connectivity index (χ4n) is 11.3. The Morgan fingerprint density at radius 1 is 0.976 bits per heavy atom. The van der Waals surface area contributed by atoms with Crippen LogP contribution in [-0.2, 0) is 0 Å². The number of amides is 2. The summed E-state index contributed by atoms with van der Waals surface area (Å²) in [6.45, 7) is 13.1. The maximum atomic E-state index is 12.8. The summed E-state index contributed by atoms with van der Waals surface area (Å²) < 4.78 is 3.03. The molecule has 2 amide bonds. The molecule has 1 aromatic carbocycles. The number of piperidine rings is 1. The molecule has 1 aliphatic heterocycles. The number of fused-ring (bicyclic) bond motifs is 5. The lowest BCUT2D eigenvalue weighted by atomic mass is 9.42. The molecule has 4 aliphatic carbocycles. The van der Waals surface area contributed by atoms with E-state index in [9.17, 15) is 9.90 Å². The van der Waals surface area contributed by atoms with Crippen LogP contribution in [0, 0.1) is 52.3 Å². The Bertz CT molecular complexity index is 1080. The Kier molecular flexibility index (Phi) is 9.14. The van der Waals surface area contributed by atoms with Crippen LogP contribution < -0.4 is 14.9 Å². The fraction of sp³-hybridized carbons (Fsp3) is 0.806. The Morgan fingerprint density at radius 2 is 1.69 bits per heavy atom. The van der Waals surface area contributed by atoms with Crippen molar-refractivity contribution in [2.75, 3.05) is 24.5 Å². The first-order valence-corrected chi connectivity index (χ1v) is 18.3. The summed E-state index contributed by atoms with van der Waals surface area (Å²) in [6.07, 6.45) is 15.1. The first-order chi connectivity index (χ1) is 20.2. The van der Waals surface area contributed by atoms with E-state index >= 15 is 0 Å². The molecule has 234 valence electrons. The van der Waals surface area contributed by atoms with E-state index in [1.807, 2.05) is 0 Å². The summed E-state index contributed by atoms with van der Waals surface area (Å²) in [5.74, 6) is 5.14. The molecule has 4 saturated carbocycles. The molecular weight excluding hydrogens is 538 g/mol. The normalized spacial score (nSPS) is 40.4. The van der Waals surface area contributed by atoms with E-state index in [0.717, 1.165) is 61.0 Å². The molecule has 0 radical (unpaired) electrons. The van der Waals surface area contributed by atoms with Crippen LogP contribution in [0.25, 0.3) is 0 Å². The topological polar surface area (TPSA) is 64.6 Å². The van der Waals surface area contributed by atoms with E-state index in [1.165, 1.54) is 81.8 Å². The molecule has 6 rings (SSSR count). The lowest BCUT2D eigenvalue weighted by Crippen LogP contribution is -2.57. The van der Waals surface area contributed by atoms with Crippen LogP contribution >= 0.6 is 11.9 Å². The van der Waals surface area contributed by atoms with Crippen molar-refractivity contribution in [3.63, 3.8) is 0 Å². The van der Waals surface area contributed by atoms with Crippen LogP contribution in [0.2, 0.25) is 0 Å². The zero-order valence-electron chi connectivity index (χ0n) is 26.7. The van der Waals surface area contributed by atoms with Gasteiger partial charge in [-0.25, -0.2) is 4.79 Å². The molecule has 42 heavy (non-hydrogen) atoms. The predicted octanol–water partition coefficient (Wildman–Crippen LogP) is 8.28. The highest BCUT2D eigenvalue weighted by molar-refractivity contribution is 7.98. The highest BCUT2D eigenvalue weighted by Gasteiger charge is 2.62. The molecule has 7 unspecified atom stereocenters. The van der Waals surface area contributed by atoms with Crippen molar-refractivity contribution in [3.8, 4) is 0 Å². The number of carbonyl (C=O) groups is 1. The summed E-state index contributed by atoms with van der Waals surface area (Å²) in [5, 5.41) is 13.8. The van der Waals surface area contributed by atoms with Crippen LogP contribution in [0.5, 0.6) is 0 Å². The fourth-order valence-corrected chi connectivity index (χ4v) is 11.9. The van der Waals surface area contributed by atoms with Crippen LogP contribution in [0.15, 0.2) is 29.2 Å². The Hall–Kier alpha value is -1.40. The van der Waals surface area contributed by atoms with Crippen molar-refractivity contribution >= 4 is 23.7 Å². The summed E-state index contributed by atoms with van der Waals surface area (Å²) in [4.78, 5) is 16.3. The number of anilines is 1. The Balaban J connectivity index is 1.02. The first kappa shape index (κ1) is 30.6. The molecule has 0 spiro atoms. The van der Waals surface area contributed by atoms with Crippen LogP contribution in [-0.4, -0.2) is 36.9 Å². The van der Waals surface area contributed by atoms with Crippen LogP contribution in [0.4, 0.5) is 10.5 Å². The molecule has 1 saturated heterocycles. The predicted molar refractivity (Wildman–Crippen MR) is 174 cm³/mol. The average Bonchev–Trinajstić information content (AvgIpc) is 3.37. The maximum absolute atomic E-state index is 12.8. The van der Waals surface area contributed by atoms with Gasteiger partial charge in [0.2, 0.25) is 0 Å². The number of nitrogens with zero attached hydrogens (tertiary/aromatic N) is 1. The van der Waals surface area contributed by atoms with Gasteiger partial charge in [0.25, 0.3) is 0 Å². The number of carbonyl (C=O) groups excluding carboxylic acids is 1. The summed E-state index contributed by atoms with van der Waals surface area (Å²) in [6, 6.07) is 8.55. The van der Waals surface area contributed by atoms with Gasteiger partial charge in [-0.3, -0.25) is 4.72 Å². The van der Waals surface area contributed by atoms with E-state index < -0.39 is 0 Å². The third-order valence-corrected chi connectivity index (χ3v) is 14.3. The van der Waals surface area contributed by atoms with Gasteiger partial charge in [0.15, 0.2) is 0 Å². The second kappa shape index (κ2) is 12.5. The molecule has 0 bridgehead atoms. The number of urea groups is 1. The molecule has 1 aromatic rings. The Labute approximate surface area is 259 Å². The molecule has 0 aromatic heterocycles. The van der Waals surface area contributed by atoms with Gasteiger partial charge < -0.3 is 15.3 Å². The monoisotopic (exact) mass is 595 g/mol. The molecule has 6 heteroatoms. The maximum Gasteiger partial charge on any atom is 0.325 e. The van der Waals surface area contributed by atoms with E-state index in [1.54, 1.807) is 0 Å². The number of aliphatic hydroxyl groups is 1. The molecule has 5 fully saturated rings. The quantitative estimate of drug-likeness (QED) is 0.278. The molecule has 1 heterocycles. The standard InChI is InChI=1S/C36H57N3O2S/c1-5-25-21-29-31-14-13-30(35(31,3)18-16-32(29)36(4)17-15-27(40)22-33(25)36)24(2)23-37-34(41)38-42-28-11-9-26(10-12-28)39-19-7-6-8-20-39/h9-12,24-25,27,29-33,40H,5-8,13-23H2,1-4H3,(H2,37,38,41)/t24-,25+,27?,29?,30?,31?,32+,33?,35?,36?/m1/s1. The van der Waals surface area contributed by atoms with Gasteiger partial charge in [-0.15, -0.1) is 0 Å². The summed E-state index contributed by atoms with van der Waals surface area (Å²) >= 11 is 1.41. The second-order valence-corrected chi connectivity index (χ2v) is 16.4. The number of rotatable bonds is 7. The van der Waals surface area contributed by atoms with E-state index in [2.05, 4.69) is 66.9 Å². The summed E-state index contributed by atoms with van der Waals surface area (Å²) in [7, 11) is 0. The number of aliphatic hydroxyl groups excluding tert-OH is 1.